The van der Waals surface area contributed by atoms with E-state index in [-0.39, 0.29) is 18.6 Å². The van der Waals surface area contributed by atoms with E-state index in [2.05, 4.69) is 16.0 Å². The first-order valence-electron chi connectivity index (χ1n) is 10.8. The van der Waals surface area contributed by atoms with Crippen LogP contribution in [0.15, 0.2) is 36.4 Å². The van der Waals surface area contributed by atoms with Crippen LogP contribution in [0, 0.1) is 18.3 Å². The summed E-state index contributed by atoms with van der Waals surface area (Å²) in [6, 6.07) is 13.5. The predicted octanol–water partition coefficient (Wildman–Crippen LogP) is 4.31. The second-order valence-corrected chi connectivity index (χ2v) is 8.34. The molecule has 2 heterocycles. The molecular formula is C25H27N3O4. The van der Waals surface area contributed by atoms with E-state index in [1.165, 1.54) is 0 Å². The van der Waals surface area contributed by atoms with Gasteiger partial charge in [0, 0.05) is 29.7 Å². The molecule has 1 aliphatic rings. The van der Waals surface area contributed by atoms with Crippen LogP contribution in [0.25, 0.3) is 10.9 Å². The molecule has 166 valence electrons. The van der Waals surface area contributed by atoms with Gasteiger partial charge in [-0.25, -0.2) is 0 Å². The molecule has 32 heavy (non-hydrogen) atoms. The fourth-order valence-corrected chi connectivity index (χ4v) is 4.37. The number of nitrogens with zero attached hydrogens (tertiary/aromatic N) is 2. The number of nitrogens with one attached hydrogen (secondary N) is 1. The molecule has 7 nitrogen and oxygen atoms in total. The van der Waals surface area contributed by atoms with Crippen LogP contribution in [0.4, 0.5) is 0 Å². The molecule has 0 bridgehead atoms. The van der Waals surface area contributed by atoms with Crippen LogP contribution >= 0.6 is 0 Å². The number of aliphatic carboxylic acids is 1. The first-order valence-corrected chi connectivity index (χ1v) is 10.8. The maximum atomic E-state index is 11.3. The molecule has 2 aromatic carbocycles. The van der Waals surface area contributed by atoms with Crippen molar-refractivity contribution < 1.29 is 19.4 Å². The molecule has 7 heteroatoms. The van der Waals surface area contributed by atoms with Crippen molar-refractivity contribution in [3.05, 3.63) is 58.8 Å². The minimum absolute atomic E-state index is 0.00213. The van der Waals surface area contributed by atoms with Crippen molar-refractivity contribution in [2.24, 2.45) is 0 Å². The second-order valence-electron chi connectivity index (χ2n) is 8.34. The molecule has 0 saturated heterocycles. The van der Waals surface area contributed by atoms with E-state index >= 15 is 0 Å². The molecule has 0 fully saturated rings. The standard InChI is InChI=1S/C25H27N3O4/c1-15(2)32-23-7-4-17(10-18(23)13-26)14-31-19-5-6-22-20(11-19)16(3)25-21(12-24(29)30)27-8-9-28(22)25/h4-7,10-11,15,21,27H,8-9,12,14H2,1-3H3,(H,29,30)/t21-/m0/s1. The smallest absolute Gasteiger partial charge is 0.305 e. The van der Waals surface area contributed by atoms with Crippen LogP contribution in [-0.4, -0.2) is 28.3 Å². The lowest BCUT2D eigenvalue weighted by Gasteiger charge is -2.26. The molecule has 0 saturated carbocycles. The summed E-state index contributed by atoms with van der Waals surface area (Å²) in [7, 11) is 0. The van der Waals surface area contributed by atoms with Gasteiger partial charge in [-0.2, -0.15) is 5.26 Å². The van der Waals surface area contributed by atoms with Crippen LogP contribution in [0.2, 0.25) is 0 Å². The summed E-state index contributed by atoms with van der Waals surface area (Å²) in [5, 5.41) is 23.1. The Kier molecular flexibility index (Phi) is 6.06. The number of carbonyl (C=O) groups is 1. The topological polar surface area (TPSA) is 96.5 Å². The molecule has 0 unspecified atom stereocenters. The van der Waals surface area contributed by atoms with E-state index in [9.17, 15) is 15.2 Å². The summed E-state index contributed by atoms with van der Waals surface area (Å²) in [4.78, 5) is 11.3. The number of aryl methyl sites for hydroxylation is 1. The monoisotopic (exact) mass is 433 g/mol. The number of rotatable bonds is 7. The number of fused-ring (bicyclic) bond motifs is 3. The Morgan fingerprint density at radius 1 is 1.31 bits per heavy atom. The number of ether oxygens (including phenoxy) is 2. The number of carboxylic acid groups (broad SMARTS) is 1. The van der Waals surface area contributed by atoms with E-state index in [0.717, 1.165) is 46.6 Å². The molecule has 0 aliphatic carbocycles. The zero-order chi connectivity index (χ0) is 22.8. The van der Waals surface area contributed by atoms with Gasteiger partial charge in [0.1, 0.15) is 24.2 Å². The molecular weight excluding hydrogens is 406 g/mol. The molecule has 2 N–H and O–H groups in total. The van der Waals surface area contributed by atoms with Gasteiger partial charge in [-0.3, -0.25) is 4.79 Å². The van der Waals surface area contributed by atoms with Gasteiger partial charge in [0.05, 0.1) is 24.1 Å². The number of aromatic nitrogens is 1. The maximum Gasteiger partial charge on any atom is 0.305 e. The highest BCUT2D eigenvalue weighted by Crippen LogP contribution is 2.35. The lowest BCUT2D eigenvalue weighted by atomic mass is 10.0. The minimum atomic E-state index is -0.814. The van der Waals surface area contributed by atoms with Gasteiger partial charge in [-0.1, -0.05) is 6.07 Å². The van der Waals surface area contributed by atoms with E-state index in [1.54, 1.807) is 6.07 Å². The molecule has 4 rings (SSSR count). The first kappa shape index (κ1) is 21.7. The molecule has 1 aromatic heterocycles. The lowest BCUT2D eigenvalue weighted by Crippen LogP contribution is -2.34. The number of carboxylic acids is 1. The molecule has 0 radical (unpaired) electrons. The van der Waals surface area contributed by atoms with Gasteiger partial charge < -0.3 is 24.5 Å². The van der Waals surface area contributed by atoms with Gasteiger partial charge in [0.25, 0.3) is 0 Å². The van der Waals surface area contributed by atoms with E-state index in [1.807, 2.05) is 51.1 Å². The summed E-state index contributed by atoms with van der Waals surface area (Å²) >= 11 is 0. The Morgan fingerprint density at radius 2 is 2.12 bits per heavy atom. The quantitative estimate of drug-likeness (QED) is 0.576. The van der Waals surface area contributed by atoms with Gasteiger partial charge in [-0.05, 0) is 62.2 Å². The first-order chi connectivity index (χ1) is 15.4. The van der Waals surface area contributed by atoms with Gasteiger partial charge in [0.15, 0.2) is 0 Å². The zero-order valence-corrected chi connectivity index (χ0v) is 18.5. The lowest BCUT2D eigenvalue weighted by molar-refractivity contribution is -0.137. The fraction of sp³-hybridized carbons (Fsp3) is 0.360. The molecule has 0 amide bonds. The number of nitriles is 1. The highest BCUT2D eigenvalue weighted by atomic mass is 16.5. The van der Waals surface area contributed by atoms with Crippen LogP contribution in [0.1, 0.15) is 48.7 Å². The Labute approximate surface area is 187 Å². The van der Waals surface area contributed by atoms with Crippen molar-refractivity contribution in [1.29, 1.82) is 5.26 Å². The maximum absolute atomic E-state index is 11.3. The van der Waals surface area contributed by atoms with E-state index < -0.39 is 5.97 Å². The molecule has 0 spiro atoms. The fourth-order valence-electron chi connectivity index (χ4n) is 4.37. The predicted molar refractivity (Wildman–Crippen MR) is 121 cm³/mol. The molecule has 1 aliphatic heterocycles. The third kappa shape index (κ3) is 4.27. The van der Waals surface area contributed by atoms with Gasteiger partial charge in [0.2, 0.25) is 0 Å². The van der Waals surface area contributed by atoms with Crippen LogP contribution in [0.5, 0.6) is 11.5 Å². The Hall–Kier alpha value is -3.50. The van der Waals surface area contributed by atoms with Gasteiger partial charge >= 0.3 is 5.97 Å². The highest BCUT2D eigenvalue weighted by Gasteiger charge is 2.27. The number of hydrogen-bond acceptors (Lipinski definition) is 5. The highest BCUT2D eigenvalue weighted by molar-refractivity contribution is 5.87. The van der Waals surface area contributed by atoms with Crippen molar-refractivity contribution in [3.63, 3.8) is 0 Å². The minimum Gasteiger partial charge on any atom is -0.490 e. The van der Waals surface area contributed by atoms with Crippen molar-refractivity contribution >= 4 is 16.9 Å². The second kappa shape index (κ2) is 8.93. The average Bonchev–Trinajstić information content (AvgIpc) is 3.05. The zero-order valence-electron chi connectivity index (χ0n) is 18.5. The molecule has 3 aromatic rings. The van der Waals surface area contributed by atoms with Crippen LogP contribution < -0.4 is 14.8 Å². The van der Waals surface area contributed by atoms with Crippen molar-refractivity contribution in [2.45, 2.75) is 52.5 Å². The van der Waals surface area contributed by atoms with E-state index in [0.29, 0.717) is 17.9 Å². The Balaban J connectivity index is 1.57. The summed E-state index contributed by atoms with van der Waals surface area (Å²) in [5.41, 5.74) is 4.57. The summed E-state index contributed by atoms with van der Waals surface area (Å²) in [6.07, 6.45) is 0.0517. The third-order valence-electron chi connectivity index (χ3n) is 5.71. The Bertz CT molecular complexity index is 1210. The van der Waals surface area contributed by atoms with Crippen molar-refractivity contribution in [2.75, 3.05) is 6.54 Å². The SMILES string of the molecule is Cc1c2n(c3ccc(OCc4ccc(OC(C)C)c(C#N)c4)cc13)CCN[C@H]2CC(=O)O. The largest absolute Gasteiger partial charge is 0.490 e. The average molecular weight is 434 g/mol. The van der Waals surface area contributed by atoms with Crippen LogP contribution in [0.3, 0.4) is 0 Å². The normalized spacial score (nSPS) is 15.4. The summed E-state index contributed by atoms with van der Waals surface area (Å²) in [5.74, 6) is 0.491. The van der Waals surface area contributed by atoms with Crippen molar-refractivity contribution in [1.82, 2.24) is 9.88 Å². The summed E-state index contributed by atoms with van der Waals surface area (Å²) in [6.45, 7) is 7.76. The van der Waals surface area contributed by atoms with E-state index in [4.69, 9.17) is 9.47 Å². The van der Waals surface area contributed by atoms with Crippen LogP contribution in [-0.2, 0) is 17.9 Å². The summed E-state index contributed by atoms with van der Waals surface area (Å²) < 4.78 is 13.9. The van der Waals surface area contributed by atoms with Gasteiger partial charge in [-0.15, -0.1) is 0 Å². The Morgan fingerprint density at radius 3 is 2.84 bits per heavy atom. The van der Waals surface area contributed by atoms with Crippen molar-refractivity contribution in [3.8, 4) is 17.6 Å². The third-order valence-corrected chi connectivity index (χ3v) is 5.71. The number of hydrogen-bond donors (Lipinski definition) is 2. The number of benzene rings is 2. The molecule has 1 atom stereocenters.